The molecule has 3 atom stereocenters. The first-order valence-corrected chi connectivity index (χ1v) is 5.83. The van der Waals surface area contributed by atoms with Crippen LogP contribution < -0.4 is 0 Å². The second-order valence-electron chi connectivity index (χ2n) is 4.66. The molecule has 0 aromatic rings. The summed E-state index contributed by atoms with van der Waals surface area (Å²) in [4.78, 5) is 26.4. The standard InChI is InChI=1S/C11H18N2O3/c1-2-13(8-14)11(10(15)16)4-6-12-5-3-9(11)7-12/h8-9H,2-7H2,1H3,(H,15,16). The molecule has 0 aliphatic carbocycles. The first-order chi connectivity index (χ1) is 7.65. The fourth-order valence-electron chi connectivity index (χ4n) is 3.19. The lowest BCUT2D eigenvalue weighted by molar-refractivity contribution is -0.161. The van der Waals surface area contributed by atoms with E-state index in [4.69, 9.17) is 0 Å². The van der Waals surface area contributed by atoms with Crippen molar-refractivity contribution in [2.24, 2.45) is 5.92 Å². The molecule has 2 aliphatic heterocycles. The highest BCUT2D eigenvalue weighted by Crippen LogP contribution is 2.39. The van der Waals surface area contributed by atoms with E-state index >= 15 is 0 Å². The van der Waals surface area contributed by atoms with Gasteiger partial charge < -0.3 is 14.9 Å². The molecule has 2 rings (SSSR count). The average Bonchev–Trinajstić information content (AvgIpc) is 2.66. The third kappa shape index (κ3) is 1.42. The molecule has 0 spiro atoms. The molecule has 0 saturated carbocycles. The molecule has 16 heavy (non-hydrogen) atoms. The Morgan fingerprint density at radius 2 is 2.38 bits per heavy atom. The zero-order valence-electron chi connectivity index (χ0n) is 9.56. The maximum Gasteiger partial charge on any atom is 0.330 e. The Morgan fingerprint density at radius 3 is 2.94 bits per heavy atom. The maximum absolute atomic E-state index is 11.6. The molecule has 0 radical (unpaired) electrons. The molecule has 0 aromatic heterocycles. The second-order valence-corrected chi connectivity index (χ2v) is 4.66. The molecule has 2 aliphatic rings. The van der Waals surface area contributed by atoms with E-state index in [1.165, 1.54) is 4.90 Å². The van der Waals surface area contributed by atoms with E-state index < -0.39 is 11.5 Å². The van der Waals surface area contributed by atoms with Crippen LogP contribution in [0.4, 0.5) is 0 Å². The largest absolute Gasteiger partial charge is 0.479 e. The quantitative estimate of drug-likeness (QED) is 0.686. The van der Waals surface area contributed by atoms with E-state index in [0.717, 1.165) is 26.1 Å². The molecule has 1 N–H and O–H groups in total. The Hall–Kier alpha value is -1.10. The number of likely N-dealkylation sites (N-methyl/N-ethyl adjacent to an activating group) is 1. The van der Waals surface area contributed by atoms with Crippen LogP contribution in [-0.2, 0) is 9.59 Å². The maximum atomic E-state index is 11.6. The molecule has 3 unspecified atom stereocenters. The van der Waals surface area contributed by atoms with Gasteiger partial charge in [-0.2, -0.15) is 0 Å². The fourth-order valence-corrected chi connectivity index (χ4v) is 3.19. The number of carboxylic acid groups (broad SMARTS) is 1. The second kappa shape index (κ2) is 4.05. The Morgan fingerprint density at radius 1 is 1.62 bits per heavy atom. The third-order valence-electron chi connectivity index (χ3n) is 4.11. The van der Waals surface area contributed by atoms with E-state index in [1.54, 1.807) is 0 Å². The summed E-state index contributed by atoms with van der Waals surface area (Å²) in [5.41, 5.74) is -0.955. The summed E-state index contributed by atoms with van der Waals surface area (Å²) < 4.78 is 0. The van der Waals surface area contributed by atoms with Crippen LogP contribution >= 0.6 is 0 Å². The minimum absolute atomic E-state index is 0.0869. The van der Waals surface area contributed by atoms with E-state index in [2.05, 4.69) is 4.90 Å². The summed E-state index contributed by atoms with van der Waals surface area (Å²) >= 11 is 0. The number of hydrogen-bond donors (Lipinski definition) is 1. The molecule has 2 fully saturated rings. The van der Waals surface area contributed by atoms with E-state index in [1.807, 2.05) is 6.92 Å². The molecule has 0 aromatic carbocycles. The Bertz CT molecular complexity index is 308. The van der Waals surface area contributed by atoms with Gasteiger partial charge in [0.25, 0.3) is 0 Å². The molecule has 2 bridgehead atoms. The number of carbonyl (C=O) groups excluding carboxylic acids is 1. The van der Waals surface area contributed by atoms with Gasteiger partial charge in [-0.1, -0.05) is 0 Å². The van der Waals surface area contributed by atoms with Crippen LogP contribution in [0.2, 0.25) is 0 Å². The molecule has 2 saturated heterocycles. The number of rotatable bonds is 4. The highest BCUT2D eigenvalue weighted by molar-refractivity contribution is 5.82. The normalized spacial score (nSPS) is 37.1. The zero-order chi connectivity index (χ0) is 11.8. The topological polar surface area (TPSA) is 60.9 Å². The van der Waals surface area contributed by atoms with Crippen molar-refractivity contribution in [3.8, 4) is 0 Å². The fraction of sp³-hybridized carbons (Fsp3) is 0.818. The number of fused-ring (bicyclic) bond motifs is 2. The molecule has 90 valence electrons. The minimum atomic E-state index is -0.955. The Balaban J connectivity index is 2.34. The van der Waals surface area contributed by atoms with Crippen molar-refractivity contribution in [1.82, 2.24) is 9.80 Å². The van der Waals surface area contributed by atoms with Gasteiger partial charge in [0.1, 0.15) is 5.54 Å². The molecule has 5 heteroatoms. The van der Waals surface area contributed by atoms with Crippen LogP contribution in [-0.4, -0.2) is 59.0 Å². The van der Waals surface area contributed by atoms with Crippen molar-refractivity contribution < 1.29 is 14.7 Å². The van der Waals surface area contributed by atoms with Crippen LogP contribution in [0.15, 0.2) is 0 Å². The summed E-state index contributed by atoms with van der Waals surface area (Å²) in [5, 5.41) is 9.52. The summed E-state index contributed by atoms with van der Waals surface area (Å²) in [6, 6.07) is 0. The number of piperidine rings is 1. The van der Waals surface area contributed by atoms with Gasteiger partial charge in [-0.25, -0.2) is 4.79 Å². The minimum Gasteiger partial charge on any atom is -0.479 e. The van der Waals surface area contributed by atoms with E-state index in [-0.39, 0.29) is 5.92 Å². The van der Waals surface area contributed by atoms with Gasteiger partial charge in [0.15, 0.2) is 0 Å². The van der Waals surface area contributed by atoms with Gasteiger partial charge in [0.2, 0.25) is 6.41 Å². The first kappa shape index (κ1) is 11.4. The van der Waals surface area contributed by atoms with Gasteiger partial charge in [-0.15, -0.1) is 0 Å². The zero-order valence-corrected chi connectivity index (χ0v) is 9.56. The monoisotopic (exact) mass is 226 g/mol. The lowest BCUT2D eigenvalue weighted by Crippen LogP contribution is -2.62. The summed E-state index contributed by atoms with van der Waals surface area (Å²) in [7, 11) is 0. The van der Waals surface area contributed by atoms with Gasteiger partial charge in [-0.05, 0) is 26.3 Å². The van der Waals surface area contributed by atoms with Crippen molar-refractivity contribution in [1.29, 1.82) is 0 Å². The van der Waals surface area contributed by atoms with Crippen molar-refractivity contribution >= 4 is 12.4 Å². The van der Waals surface area contributed by atoms with Gasteiger partial charge in [0, 0.05) is 25.6 Å². The van der Waals surface area contributed by atoms with Crippen molar-refractivity contribution in [2.45, 2.75) is 25.3 Å². The van der Waals surface area contributed by atoms with Gasteiger partial charge >= 0.3 is 5.97 Å². The lowest BCUT2D eigenvalue weighted by atomic mass is 9.77. The molecule has 5 nitrogen and oxygen atoms in total. The van der Waals surface area contributed by atoms with Crippen LogP contribution in [0.25, 0.3) is 0 Å². The van der Waals surface area contributed by atoms with Crippen LogP contribution in [0, 0.1) is 5.92 Å². The summed E-state index contributed by atoms with van der Waals surface area (Å²) in [6.07, 6.45) is 2.14. The predicted molar refractivity (Wildman–Crippen MR) is 58.0 cm³/mol. The van der Waals surface area contributed by atoms with Gasteiger partial charge in [-0.3, -0.25) is 4.79 Å². The van der Waals surface area contributed by atoms with Crippen molar-refractivity contribution in [2.75, 3.05) is 26.2 Å². The van der Waals surface area contributed by atoms with E-state index in [9.17, 15) is 14.7 Å². The number of hydrogen-bond acceptors (Lipinski definition) is 3. The lowest BCUT2D eigenvalue weighted by Gasteiger charge is -2.45. The number of amides is 1. The van der Waals surface area contributed by atoms with Crippen LogP contribution in [0.1, 0.15) is 19.8 Å². The first-order valence-electron chi connectivity index (χ1n) is 5.83. The highest BCUT2D eigenvalue weighted by Gasteiger charge is 2.54. The number of carbonyl (C=O) groups is 2. The van der Waals surface area contributed by atoms with Gasteiger partial charge in [0.05, 0.1) is 0 Å². The third-order valence-corrected chi connectivity index (χ3v) is 4.11. The van der Waals surface area contributed by atoms with Crippen LogP contribution in [0.3, 0.4) is 0 Å². The van der Waals surface area contributed by atoms with E-state index in [0.29, 0.717) is 19.4 Å². The number of nitrogens with zero attached hydrogens (tertiary/aromatic N) is 2. The molecular weight excluding hydrogens is 208 g/mol. The molecule has 1 amide bonds. The van der Waals surface area contributed by atoms with Crippen molar-refractivity contribution in [3.63, 3.8) is 0 Å². The Labute approximate surface area is 95.0 Å². The smallest absolute Gasteiger partial charge is 0.330 e. The Kier molecular flexibility index (Phi) is 2.88. The summed E-state index contributed by atoms with van der Waals surface area (Å²) in [5.74, 6) is -0.753. The van der Waals surface area contributed by atoms with Crippen molar-refractivity contribution in [3.05, 3.63) is 0 Å². The highest BCUT2D eigenvalue weighted by atomic mass is 16.4. The SMILES string of the molecule is CCN(C=O)C1(C(=O)O)CCN2CCC1C2. The van der Waals surface area contributed by atoms with Crippen LogP contribution in [0.5, 0.6) is 0 Å². The molecular formula is C11H18N2O3. The predicted octanol–water partition coefficient (Wildman–Crippen LogP) is 0.0137. The summed E-state index contributed by atoms with van der Waals surface area (Å²) in [6.45, 7) is 4.87. The molecule has 2 heterocycles. The number of carboxylic acids is 1. The number of aliphatic carboxylic acids is 1. The average molecular weight is 226 g/mol.